The molecule has 1 rings (SSSR count). The molecule has 0 radical (unpaired) electrons. The highest BCUT2D eigenvalue weighted by Gasteiger charge is 2.35. The topological polar surface area (TPSA) is 0 Å². The monoisotopic (exact) mass is 230 g/mol. The van der Waals surface area contributed by atoms with Crippen molar-refractivity contribution < 1.29 is 0 Å². The lowest BCUT2D eigenvalue weighted by Gasteiger charge is -2.16. The van der Waals surface area contributed by atoms with Gasteiger partial charge in [0.05, 0.1) is 15.1 Å². The third-order valence-corrected chi connectivity index (χ3v) is 3.71. The molecule has 1 aliphatic carbocycles. The zero-order valence-corrected chi connectivity index (χ0v) is 8.82. The molecule has 0 amide bonds. The van der Waals surface area contributed by atoms with Gasteiger partial charge in [-0.2, -0.15) is 0 Å². The van der Waals surface area contributed by atoms with Crippen molar-refractivity contribution in [3.63, 3.8) is 0 Å². The normalized spacial score (nSPS) is 31.2. The highest BCUT2D eigenvalue weighted by molar-refractivity contribution is 6.52. The van der Waals surface area contributed by atoms with E-state index in [1.165, 1.54) is 0 Å². The van der Waals surface area contributed by atoms with Gasteiger partial charge in [-0.1, -0.05) is 41.7 Å². The Morgan fingerprint density at radius 1 is 1.36 bits per heavy atom. The summed E-state index contributed by atoms with van der Waals surface area (Å²) in [4.78, 5) is -0.671. The number of allylic oxidation sites excluding steroid dienone is 4. The van der Waals surface area contributed by atoms with E-state index in [0.717, 1.165) is 0 Å². The van der Waals surface area contributed by atoms with Crippen molar-refractivity contribution in [1.29, 1.82) is 0 Å². The molecular formula is C7H6Cl4. The predicted octanol–water partition coefficient (Wildman–Crippen LogP) is 4.20. The van der Waals surface area contributed by atoms with Crippen molar-refractivity contribution in [1.82, 2.24) is 0 Å². The van der Waals surface area contributed by atoms with Crippen molar-refractivity contribution >= 4 is 46.4 Å². The SMILES string of the molecule is CCC1(Cl)C=C(Cl)C(Cl)=C1Cl. The van der Waals surface area contributed by atoms with E-state index in [-0.39, 0.29) is 0 Å². The van der Waals surface area contributed by atoms with Crippen molar-refractivity contribution in [3.8, 4) is 0 Å². The molecule has 0 N–H and O–H groups in total. The van der Waals surface area contributed by atoms with E-state index in [4.69, 9.17) is 46.4 Å². The Balaban J connectivity index is 3.09. The minimum Gasteiger partial charge on any atom is -0.108 e. The third kappa shape index (κ3) is 1.55. The van der Waals surface area contributed by atoms with Gasteiger partial charge in [0, 0.05) is 0 Å². The zero-order chi connectivity index (χ0) is 8.65. The number of rotatable bonds is 1. The van der Waals surface area contributed by atoms with Crippen molar-refractivity contribution in [2.45, 2.75) is 18.2 Å². The maximum absolute atomic E-state index is 6.06. The van der Waals surface area contributed by atoms with Crippen LogP contribution in [0.5, 0.6) is 0 Å². The second kappa shape index (κ2) is 3.18. The first-order valence-corrected chi connectivity index (χ1v) is 4.66. The molecule has 0 spiro atoms. The molecule has 0 fully saturated rings. The van der Waals surface area contributed by atoms with Crippen molar-refractivity contribution in [2.24, 2.45) is 0 Å². The largest absolute Gasteiger partial charge is 0.108 e. The van der Waals surface area contributed by atoms with Gasteiger partial charge in [0.2, 0.25) is 0 Å². The van der Waals surface area contributed by atoms with Crippen LogP contribution in [0.1, 0.15) is 13.3 Å². The minimum atomic E-state index is -0.671. The first kappa shape index (κ1) is 9.73. The first-order valence-electron chi connectivity index (χ1n) is 3.14. The number of hydrogen-bond donors (Lipinski definition) is 0. The lowest BCUT2D eigenvalue weighted by Crippen LogP contribution is -2.14. The van der Waals surface area contributed by atoms with Gasteiger partial charge < -0.3 is 0 Å². The molecule has 1 atom stereocenters. The van der Waals surface area contributed by atoms with Crippen LogP contribution in [-0.4, -0.2) is 4.87 Å². The summed E-state index contributed by atoms with van der Waals surface area (Å²) in [6.45, 7) is 1.92. The smallest absolute Gasteiger partial charge is 0.101 e. The van der Waals surface area contributed by atoms with Crippen LogP contribution in [0.2, 0.25) is 0 Å². The van der Waals surface area contributed by atoms with Crippen LogP contribution in [-0.2, 0) is 0 Å². The van der Waals surface area contributed by atoms with Gasteiger partial charge in [0.15, 0.2) is 0 Å². The summed E-state index contributed by atoms with van der Waals surface area (Å²) in [5.74, 6) is 0. The Bertz CT molecular complexity index is 241. The maximum atomic E-state index is 6.06. The molecule has 4 heteroatoms. The Morgan fingerprint density at radius 3 is 2.09 bits per heavy atom. The van der Waals surface area contributed by atoms with E-state index in [2.05, 4.69) is 0 Å². The molecule has 0 nitrogen and oxygen atoms in total. The highest BCUT2D eigenvalue weighted by atomic mass is 35.5. The molecule has 0 bridgehead atoms. The molecular weight excluding hydrogens is 226 g/mol. The van der Waals surface area contributed by atoms with Gasteiger partial charge in [-0.3, -0.25) is 0 Å². The summed E-state index contributed by atoms with van der Waals surface area (Å²) >= 11 is 23.4. The lowest BCUT2D eigenvalue weighted by atomic mass is 10.1. The summed E-state index contributed by atoms with van der Waals surface area (Å²) in [6, 6.07) is 0. The zero-order valence-electron chi connectivity index (χ0n) is 5.80. The second-order valence-corrected chi connectivity index (χ2v) is 4.17. The van der Waals surface area contributed by atoms with Crippen LogP contribution >= 0.6 is 46.4 Å². The van der Waals surface area contributed by atoms with E-state index in [1.807, 2.05) is 6.92 Å². The number of hydrogen-bond acceptors (Lipinski definition) is 0. The summed E-state index contributed by atoms with van der Waals surface area (Å²) in [5, 5.41) is 1.23. The van der Waals surface area contributed by atoms with Gasteiger partial charge in [-0.05, 0) is 12.5 Å². The quantitative estimate of drug-likeness (QED) is 0.594. The standard InChI is InChI=1S/C7H6Cl4/c1-2-7(11)3-4(8)5(9)6(7)10/h3H,2H2,1H3. The molecule has 0 aromatic rings. The van der Waals surface area contributed by atoms with E-state index >= 15 is 0 Å². The first-order chi connectivity index (χ1) is 5.01. The van der Waals surface area contributed by atoms with Crippen LogP contribution in [0.4, 0.5) is 0 Å². The van der Waals surface area contributed by atoms with Gasteiger partial charge in [0.25, 0.3) is 0 Å². The van der Waals surface area contributed by atoms with Gasteiger partial charge in [-0.15, -0.1) is 11.6 Å². The molecule has 62 valence electrons. The second-order valence-electron chi connectivity index (χ2n) is 2.34. The Hall–Kier alpha value is 0.640. The highest BCUT2D eigenvalue weighted by Crippen LogP contribution is 2.46. The minimum absolute atomic E-state index is 0.366. The van der Waals surface area contributed by atoms with Crippen molar-refractivity contribution in [2.75, 3.05) is 0 Å². The molecule has 0 heterocycles. The average molecular weight is 232 g/mol. The Morgan fingerprint density at radius 2 is 1.91 bits per heavy atom. The molecule has 0 saturated heterocycles. The molecule has 0 aromatic carbocycles. The maximum Gasteiger partial charge on any atom is 0.101 e. The summed E-state index contributed by atoms with van der Waals surface area (Å²) in [7, 11) is 0. The molecule has 1 unspecified atom stereocenters. The van der Waals surface area contributed by atoms with E-state index < -0.39 is 4.87 Å². The van der Waals surface area contributed by atoms with Crippen LogP contribution in [0.15, 0.2) is 21.2 Å². The van der Waals surface area contributed by atoms with Crippen LogP contribution in [0.25, 0.3) is 0 Å². The fraction of sp³-hybridized carbons (Fsp3) is 0.429. The molecule has 1 aliphatic rings. The van der Waals surface area contributed by atoms with Gasteiger partial charge in [0.1, 0.15) is 4.87 Å². The van der Waals surface area contributed by atoms with E-state index in [9.17, 15) is 0 Å². The van der Waals surface area contributed by atoms with Gasteiger partial charge in [-0.25, -0.2) is 0 Å². The fourth-order valence-electron chi connectivity index (χ4n) is 0.872. The molecule has 0 aliphatic heterocycles. The summed E-state index contributed by atoms with van der Waals surface area (Å²) in [6.07, 6.45) is 2.35. The number of alkyl halides is 1. The lowest BCUT2D eigenvalue weighted by molar-refractivity contribution is 0.812. The Kier molecular flexibility index (Phi) is 2.81. The predicted molar refractivity (Wildman–Crippen MR) is 51.5 cm³/mol. The van der Waals surface area contributed by atoms with Crippen LogP contribution in [0.3, 0.4) is 0 Å². The fourth-order valence-corrected chi connectivity index (χ4v) is 2.02. The Labute approximate surface area is 85.8 Å². The van der Waals surface area contributed by atoms with Crippen LogP contribution < -0.4 is 0 Å². The molecule has 0 aromatic heterocycles. The summed E-state index contributed by atoms with van der Waals surface area (Å²) < 4.78 is 0. The van der Waals surface area contributed by atoms with E-state index in [0.29, 0.717) is 21.5 Å². The third-order valence-electron chi connectivity index (χ3n) is 1.64. The van der Waals surface area contributed by atoms with Gasteiger partial charge >= 0.3 is 0 Å². The number of halogens is 4. The van der Waals surface area contributed by atoms with E-state index in [1.54, 1.807) is 6.08 Å². The molecule has 11 heavy (non-hydrogen) atoms. The average Bonchev–Trinajstić information content (AvgIpc) is 2.17. The summed E-state index contributed by atoms with van der Waals surface area (Å²) in [5.41, 5.74) is 0. The van der Waals surface area contributed by atoms with Crippen LogP contribution in [0, 0.1) is 0 Å². The van der Waals surface area contributed by atoms with Crippen molar-refractivity contribution in [3.05, 3.63) is 21.2 Å². The molecule has 0 saturated carbocycles.